The van der Waals surface area contributed by atoms with Crippen LogP contribution in [0.25, 0.3) is 0 Å². The van der Waals surface area contributed by atoms with Crippen molar-refractivity contribution in [1.82, 2.24) is 5.32 Å². The molecule has 0 radical (unpaired) electrons. The minimum absolute atomic E-state index is 0.0954. The predicted molar refractivity (Wildman–Crippen MR) is 84.6 cm³/mol. The predicted octanol–water partition coefficient (Wildman–Crippen LogP) is 3.22. The lowest BCUT2D eigenvalue weighted by atomic mass is 10.1. The van der Waals surface area contributed by atoms with Gasteiger partial charge in [0.1, 0.15) is 5.75 Å². The average Bonchev–Trinajstić information content (AvgIpc) is 2.55. The van der Waals surface area contributed by atoms with E-state index in [1.807, 2.05) is 30.3 Å². The minimum Gasteiger partial charge on any atom is -0.497 e. The van der Waals surface area contributed by atoms with Gasteiger partial charge in [-0.05, 0) is 36.2 Å². The van der Waals surface area contributed by atoms with Gasteiger partial charge in [-0.25, -0.2) is 0 Å². The van der Waals surface area contributed by atoms with Gasteiger partial charge in [-0.15, -0.1) is 6.58 Å². The number of carbonyl (C=O) groups excluding carboxylic acids is 1. The van der Waals surface area contributed by atoms with E-state index in [0.717, 1.165) is 17.7 Å². The van der Waals surface area contributed by atoms with E-state index in [1.165, 1.54) is 0 Å². The van der Waals surface area contributed by atoms with Gasteiger partial charge < -0.3 is 10.1 Å². The van der Waals surface area contributed by atoms with Crippen molar-refractivity contribution in [2.45, 2.75) is 12.5 Å². The number of hydrogen-bond donors (Lipinski definition) is 1. The van der Waals surface area contributed by atoms with Crippen LogP contribution in [0, 0.1) is 0 Å². The van der Waals surface area contributed by atoms with Gasteiger partial charge in [-0.1, -0.05) is 36.4 Å². The molecule has 1 amide bonds. The summed E-state index contributed by atoms with van der Waals surface area (Å²) in [4.78, 5) is 12.2. The number of carbonyl (C=O) groups is 1. The molecule has 0 fully saturated rings. The quantitative estimate of drug-likeness (QED) is 0.826. The van der Waals surface area contributed by atoms with Gasteiger partial charge in [-0.3, -0.25) is 4.79 Å². The molecule has 3 nitrogen and oxygen atoms in total. The van der Waals surface area contributed by atoms with Crippen LogP contribution in [0.4, 0.5) is 0 Å². The summed E-state index contributed by atoms with van der Waals surface area (Å²) in [5.74, 6) is 0.620. The van der Waals surface area contributed by atoms with Crippen LogP contribution in [-0.2, 0) is 6.42 Å². The zero-order valence-electron chi connectivity index (χ0n) is 12.1. The van der Waals surface area contributed by atoms with Crippen LogP contribution in [0.1, 0.15) is 15.9 Å². The van der Waals surface area contributed by atoms with Crippen LogP contribution in [0.5, 0.6) is 5.75 Å². The molecule has 2 rings (SSSR count). The van der Waals surface area contributed by atoms with E-state index in [-0.39, 0.29) is 11.9 Å². The highest BCUT2D eigenvalue weighted by Gasteiger charge is 2.11. The van der Waals surface area contributed by atoms with Crippen molar-refractivity contribution in [3.8, 4) is 5.75 Å². The zero-order chi connectivity index (χ0) is 15.1. The number of benzene rings is 2. The number of ether oxygens (including phenoxy) is 1. The van der Waals surface area contributed by atoms with E-state index in [2.05, 4.69) is 11.9 Å². The van der Waals surface area contributed by atoms with E-state index >= 15 is 0 Å². The molecule has 108 valence electrons. The number of nitrogens with one attached hydrogen (secondary N) is 1. The van der Waals surface area contributed by atoms with Crippen molar-refractivity contribution < 1.29 is 9.53 Å². The highest BCUT2D eigenvalue weighted by Crippen LogP contribution is 2.12. The highest BCUT2D eigenvalue weighted by atomic mass is 16.5. The lowest BCUT2D eigenvalue weighted by molar-refractivity contribution is 0.0944. The van der Waals surface area contributed by atoms with E-state index in [4.69, 9.17) is 4.74 Å². The molecule has 3 heteroatoms. The minimum atomic E-state index is -0.113. The van der Waals surface area contributed by atoms with Gasteiger partial charge in [0, 0.05) is 5.56 Å². The van der Waals surface area contributed by atoms with Gasteiger partial charge >= 0.3 is 0 Å². The van der Waals surface area contributed by atoms with Crippen LogP contribution in [0.3, 0.4) is 0 Å². The first kappa shape index (κ1) is 14.9. The summed E-state index contributed by atoms with van der Waals surface area (Å²) in [6.07, 6.45) is 2.49. The molecule has 0 spiro atoms. The Kier molecular flexibility index (Phi) is 5.16. The van der Waals surface area contributed by atoms with E-state index in [1.54, 1.807) is 37.5 Å². The summed E-state index contributed by atoms with van der Waals surface area (Å²) in [6.45, 7) is 3.80. The topological polar surface area (TPSA) is 38.3 Å². The number of rotatable bonds is 6. The highest BCUT2D eigenvalue weighted by molar-refractivity contribution is 5.94. The van der Waals surface area contributed by atoms with Crippen LogP contribution in [0.2, 0.25) is 0 Å². The van der Waals surface area contributed by atoms with Crippen molar-refractivity contribution in [3.05, 3.63) is 78.4 Å². The Labute approximate surface area is 125 Å². The molecule has 0 heterocycles. The Morgan fingerprint density at radius 1 is 1.19 bits per heavy atom. The van der Waals surface area contributed by atoms with Crippen molar-refractivity contribution in [2.75, 3.05) is 7.11 Å². The third kappa shape index (κ3) is 4.21. The fraction of sp³-hybridized carbons (Fsp3) is 0.167. The Balaban J connectivity index is 2.00. The van der Waals surface area contributed by atoms with Gasteiger partial charge in [0.25, 0.3) is 5.91 Å². The lowest BCUT2D eigenvalue weighted by Crippen LogP contribution is -2.34. The number of hydrogen-bond acceptors (Lipinski definition) is 2. The molecule has 0 aromatic heterocycles. The molecule has 0 bridgehead atoms. The fourth-order valence-electron chi connectivity index (χ4n) is 2.06. The van der Waals surface area contributed by atoms with Gasteiger partial charge in [0.15, 0.2) is 0 Å². The maximum Gasteiger partial charge on any atom is 0.251 e. The van der Waals surface area contributed by atoms with Crippen molar-refractivity contribution >= 4 is 5.91 Å². The molecular weight excluding hydrogens is 262 g/mol. The van der Waals surface area contributed by atoms with Gasteiger partial charge in [0.05, 0.1) is 13.2 Å². The Hall–Kier alpha value is -2.55. The number of methoxy groups -OCH3 is 1. The first-order valence-corrected chi connectivity index (χ1v) is 6.84. The van der Waals surface area contributed by atoms with Crippen molar-refractivity contribution in [3.63, 3.8) is 0 Å². The Morgan fingerprint density at radius 3 is 2.43 bits per heavy atom. The first-order chi connectivity index (χ1) is 10.2. The summed E-state index contributed by atoms with van der Waals surface area (Å²) in [5, 5.41) is 2.97. The summed E-state index contributed by atoms with van der Waals surface area (Å²) in [6, 6.07) is 17.0. The molecule has 0 aliphatic rings. The second kappa shape index (κ2) is 7.29. The van der Waals surface area contributed by atoms with Crippen molar-refractivity contribution in [2.24, 2.45) is 0 Å². The first-order valence-electron chi connectivity index (χ1n) is 6.84. The molecule has 1 atom stereocenters. The maximum atomic E-state index is 12.2. The molecule has 2 aromatic carbocycles. The summed E-state index contributed by atoms with van der Waals surface area (Å²) < 4.78 is 5.08. The second-order valence-corrected chi connectivity index (χ2v) is 4.73. The average molecular weight is 281 g/mol. The van der Waals surface area contributed by atoms with Crippen LogP contribution in [0.15, 0.2) is 67.3 Å². The molecule has 0 aliphatic heterocycles. The molecule has 2 aromatic rings. The summed E-state index contributed by atoms with van der Waals surface area (Å²) in [7, 11) is 1.60. The third-order valence-electron chi connectivity index (χ3n) is 3.25. The van der Waals surface area contributed by atoms with Crippen molar-refractivity contribution in [1.29, 1.82) is 0 Å². The zero-order valence-corrected chi connectivity index (χ0v) is 12.1. The molecule has 0 saturated carbocycles. The molecule has 1 N–H and O–H groups in total. The summed E-state index contributed by atoms with van der Waals surface area (Å²) >= 11 is 0. The van der Waals surface area contributed by atoms with Gasteiger partial charge in [0.2, 0.25) is 0 Å². The lowest BCUT2D eigenvalue weighted by Gasteiger charge is -2.15. The molecule has 21 heavy (non-hydrogen) atoms. The molecule has 0 saturated heterocycles. The largest absolute Gasteiger partial charge is 0.497 e. The fourth-order valence-corrected chi connectivity index (χ4v) is 2.06. The maximum absolute atomic E-state index is 12.2. The summed E-state index contributed by atoms with van der Waals surface area (Å²) in [5.41, 5.74) is 1.77. The third-order valence-corrected chi connectivity index (χ3v) is 3.25. The van der Waals surface area contributed by atoms with Crippen LogP contribution < -0.4 is 10.1 Å². The molecule has 1 unspecified atom stereocenters. The van der Waals surface area contributed by atoms with E-state index in [9.17, 15) is 4.79 Å². The number of amides is 1. The Morgan fingerprint density at radius 2 is 1.86 bits per heavy atom. The molecular formula is C18H19NO2. The standard InChI is InChI=1S/C18H19NO2/c1-3-16(13-14-7-5-4-6-8-14)19-18(20)15-9-11-17(21-2)12-10-15/h3-12,16H,1,13H2,2H3,(H,19,20). The van der Waals surface area contributed by atoms with E-state index < -0.39 is 0 Å². The SMILES string of the molecule is C=CC(Cc1ccccc1)NC(=O)c1ccc(OC)cc1. The van der Waals surface area contributed by atoms with E-state index in [0.29, 0.717) is 5.56 Å². The molecule has 0 aliphatic carbocycles. The van der Waals surface area contributed by atoms with Crippen LogP contribution in [-0.4, -0.2) is 19.1 Å². The monoisotopic (exact) mass is 281 g/mol. The Bertz CT molecular complexity index is 590. The van der Waals surface area contributed by atoms with Gasteiger partial charge in [-0.2, -0.15) is 0 Å². The smallest absolute Gasteiger partial charge is 0.251 e. The van der Waals surface area contributed by atoms with Crippen LogP contribution >= 0.6 is 0 Å². The normalized spacial score (nSPS) is 11.5. The second-order valence-electron chi connectivity index (χ2n) is 4.73.